The lowest BCUT2D eigenvalue weighted by molar-refractivity contribution is 0.415. The van der Waals surface area contributed by atoms with Crippen LogP contribution in [-0.2, 0) is 6.42 Å². The monoisotopic (exact) mass is 246 g/mol. The quantitative estimate of drug-likeness (QED) is 0.770. The molecule has 0 N–H and O–H groups in total. The van der Waals surface area contributed by atoms with Gasteiger partial charge in [-0.15, -0.1) is 0 Å². The topological polar surface area (TPSA) is 9.23 Å². The van der Waals surface area contributed by atoms with Crippen molar-refractivity contribution in [2.75, 3.05) is 7.11 Å². The van der Waals surface area contributed by atoms with Gasteiger partial charge in [-0.3, -0.25) is 0 Å². The second-order valence-corrected chi connectivity index (χ2v) is 4.26. The second kappa shape index (κ2) is 5.24. The number of benzene rings is 2. The van der Waals surface area contributed by atoms with E-state index < -0.39 is 0 Å². The van der Waals surface area contributed by atoms with E-state index in [1.165, 1.54) is 16.7 Å². The Bertz CT molecular complexity index is 503. The number of hydrogen-bond acceptors (Lipinski definition) is 1. The van der Waals surface area contributed by atoms with Gasteiger partial charge in [-0.25, -0.2) is 0 Å². The summed E-state index contributed by atoms with van der Waals surface area (Å²) >= 11 is 6.21. The van der Waals surface area contributed by atoms with Crippen molar-refractivity contribution in [2.24, 2.45) is 0 Å². The molecular weight excluding hydrogens is 232 g/mol. The van der Waals surface area contributed by atoms with Crippen LogP contribution in [0.15, 0.2) is 42.5 Å². The zero-order valence-corrected chi connectivity index (χ0v) is 10.8. The minimum Gasteiger partial charge on any atom is -0.497 e. The molecule has 0 radical (unpaired) electrons. The van der Waals surface area contributed by atoms with Crippen LogP contribution in [0, 0.1) is 0 Å². The summed E-state index contributed by atoms with van der Waals surface area (Å²) < 4.78 is 5.16. The molecule has 1 nitrogen and oxygen atoms in total. The summed E-state index contributed by atoms with van der Waals surface area (Å²) in [5.41, 5.74) is 3.56. The molecule has 0 aliphatic heterocycles. The van der Waals surface area contributed by atoms with Gasteiger partial charge in [0.05, 0.1) is 7.11 Å². The van der Waals surface area contributed by atoms with Crippen LogP contribution in [0.5, 0.6) is 5.75 Å². The van der Waals surface area contributed by atoms with Crippen molar-refractivity contribution in [2.45, 2.75) is 13.3 Å². The molecule has 2 rings (SSSR count). The molecule has 0 saturated carbocycles. The maximum absolute atomic E-state index is 6.21. The Morgan fingerprint density at radius 2 is 1.76 bits per heavy atom. The van der Waals surface area contributed by atoms with Gasteiger partial charge in [0.25, 0.3) is 0 Å². The maximum atomic E-state index is 6.21. The highest BCUT2D eigenvalue weighted by molar-refractivity contribution is 6.31. The fourth-order valence-corrected chi connectivity index (χ4v) is 2.27. The summed E-state index contributed by atoms with van der Waals surface area (Å²) in [6.45, 7) is 2.12. The third-order valence-electron chi connectivity index (χ3n) is 2.87. The molecule has 0 bridgehead atoms. The van der Waals surface area contributed by atoms with E-state index in [1.807, 2.05) is 24.3 Å². The van der Waals surface area contributed by atoms with Crippen molar-refractivity contribution >= 4 is 11.6 Å². The van der Waals surface area contributed by atoms with Crippen LogP contribution in [0.3, 0.4) is 0 Å². The van der Waals surface area contributed by atoms with Gasteiger partial charge in [0, 0.05) is 5.02 Å². The second-order valence-electron chi connectivity index (χ2n) is 3.85. The molecule has 0 saturated heterocycles. The molecular formula is C15H15ClO. The zero-order chi connectivity index (χ0) is 12.3. The van der Waals surface area contributed by atoms with Crippen molar-refractivity contribution in [1.29, 1.82) is 0 Å². The molecule has 88 valence electrons. The maximum Gasteiger partial charge on any atom is 0.118 e. The molecule has 0 atom stereocenters. The van der Waals surface area contributed by atoms with E-state index in [1.54, 1.807) is 7.11 Å². The van der Waals surface area contributed by atoms with Gasteiger partial charge in [0.15, 0.2) is 0 Å². The fourth-order valence-electron chi connectivity index (χ4n) is 1.96. The van der Waals surface area contributed by atoms with Gasteiger partial charge in [-0.05, 0) is 41.3 Å². The lowest BCUT2D eigenvalue weighted by atomic mass is 9.98. The first kappa shape index (κ1) is 12.0. The highest BCUT2D eigenvalue weighted by Crippen LogP contribution is 2.30. The first-order chi connectivity index (χ1) is 8.26. The van der Waals surface area contributed by atoms with Crippen LogP contribution in [-0.4, -0.2) is 7.11 Å². The van der Waals surface area contributed by atoms with Gasteiger partial charge in [-0.1, -0.05) is 42.8 Å². The van der Waals surface area contributed by atoms with Gasteiger partial charge < -0.3 is 4.74 Å². The number of halogens is 1. The zero-order valence-electron chi connectivity index (χ0n) is 10.0. The van der Waals surface area contributed by atoms with E-state index in [2.05, 4.69) is 25.1 Å². The Morgan fingerprint density at radius 3 is 2.35 bits per heavy atom. The minimum atomic E-state index is 0.834. The van der Waals surface area contributed by atoms with E-state index in [-0.39, 0.29) is 0 Å². The summed E-state index contributed by atoms with van der Waals surface area (Å²) in [6, 6.07) is 14.1. The molecule has 0 aliphatic rings. The van der Waals surface area contributed by atoms with Crippen LogP contribution in [0.25, 0.3) is 11.1 Å². The largest absolute Gasteiger partial charge is 0.497 e. The average Bonchev–Trinajstić information content (AvgIpc) is 2.38. The molecule has 0 fully saturated rings. The number of methoxy groups -OCH3 is 1. The summed E-state index contributed by atoms with van der Waals surface area (Å²) in [4.78, 5) is 0. The SMILES string of the molecule is CCc1c(Cl)cccc1-c1ccc(OC)cc1. The van der Waals surface area contributed by atoms with E-state index >= 15 is 0 Å². The van der Waals surface area contributed by atoms with Crippen molar-refractivity contribution < 1.29 is 4.74 Å². The smallest absolute Gasteiger partial charge is 0.118 e. The molecule has 2 heteroatoms. The van der Waals surface area contributed by atoms with Crippen LogP contribution in [0.1, 0.15) is 12.5 Å². The van der Waals surface area contributed by atoms with Crippen molar-refractivity contribution in [1.82, 2.24) is 0 Å². The predicted molar refractivity (Wildman–Crippen MR) is 72.8 cm³/mol. The van der Waals surface area contributed by atoms with Crippen LogP contribution in [0.4, 0.5) is 0 Å². The molecule has 0 aromatic heterocycles. The van der Waals surface area contributed by atoms with Crippen molar-refractivity contribution in [3.8, 4) is 16.9 Å². The van der Waals surface area contributed by atoms with Crippen LogP contribution >= 0.6 is 11.6 Å². The first-order valence-corrected chi connectivity index (χ1v) is 6.06. The molecule has 2 aromatic rings. The predicted octanol–water partition coefficient (Wildman–Crippen LogP) is 4.58. The Kier molecular flexibility index (Phi) is 3.70. The number of ether oxygens (including phenoxy) is 1. The Hall–Kier alpha value is -1.47. The van der Waals surface area contributed by atoms with Crippen molar-refractivity contribution in [3.05, 3.63) is 53.1 Å². The first-order valence-electron chi connectivity index (χ1n) is 5.68. The lowest BCUT2D eigenvalue weighted by Crippen LogP contribution is -1.89. The highest BCUT2D eigenvalue weighted by Gasteiger charge is 2.07. The van der Waals surface area contributed by atoms with Crippen LogP contribution < -0.4 is 4.74 Å². The summed E-state index contributed by atoms with van der Waals surface area (Å²) in [5.74, 6) is 0.869. The molecule has 2 aromatic carbocycles. The summed E-state index contributed by atoms with van der Waals surface area (Å²) in [7, 11) is 1.67. The minimum absolute atomic E-state index is 0.834. The third kappa shape index (κ3) is 2.45. The Morgan fingerprint density at radius 1 is 1.06 bits per heavy atom. The van der Waals surface area contributed by atoms with Gasteiger partial charge in [0.1, 0.15) is 5.75 Å². The van der Waals surface area contributed by atoms with E-state index in [0.717, 1.165) is 17.2 Å². The summed E-state index contributed by atoms with van der Waals surface area (Å²) in [5, 5.41) is 0.834. The van der Waals surface area contributed by atoms with Crippen LogP contribution in [0.2, 0.25) is 5.02 Å². The van der Waals surface area contributed by atoms with E-state index in [4.69, 9.17) is 16.3 Å². The Balaban J connectivity index is 2.48. The molecule has 0 heterocycles. The van der Waals surface area contributed by atoms with E-state index in [9.17, 15) is 0 Å². The van der Waals surface area contributed by atoms with Gasteiger partial charge in [0.2, 0.25) is 0 Å². The highest BCUT2D eigenvalue weighted by atomic mass is 35.5. The standard InChI is InChI=1S/C15H15ClO/c1-3-13-14(5-4-6-15(13)16)11-7-9-12(17-2)10-8-11/h4-10H,3H2,1-2H3. The average molecular weight is 247 g/mol. The molecule has 0 aliphatic carbocycles. The number of hydrogen-bond donors (Lipinski definition) is 0. The van der Waals surface area contributed by atoms with Gasteiger partial charge in [-0.2, -0.15) is 0 Å². The summed E-state index contributed by atoms with van der Waals surface area (Å²) in [6.07, 6.45) is 0.932. The normalized spacial score (nSPS) is 10.3. The van der Waals surface area contributed by atoms with Crippen molar-refractivity contribution in [3.63, 3.8) is 0 Å². The van der Waals surface area contributed by atoms with E-state index in [0.29, 0.717) is 0 Å². The molecule has 0 amide bonds. The van der Waals surface area contributed by atoms with Gasteiger partial charge >= 0.3 is 0 Å². The fraction of sp³-hybridized carbons (Fsp3) is 0.200. The molecule has 0 unspecified atom stereocenters. The Labute approximate surface area is 107 Å². The lowest BCUT2D eigenvalue weighted by Gasteiger charge is -2.10. The number of rotatable bonds is 3. The molecule has 0 spiro atoms. The molecule has 17 heavy (non-hydrogen) atoms. The third-order valence-corrected chi connectivity index (χ3v) is 3.23.